The van der Waals surface area contributed by atoms with Crippen LogP contribution in [-0.2, 0) is 14.2 Å². The van der Waals surface area contributed by atoms with Gasteiger partial charge in [-0.25, -0.2) is 0 Å². The topological polar surface area (TPSA) is 51.5 Å². The molecular formula is C12H17NO3. The molecule has 0 N–H and O–H groups in total. The van der Waals surface area contributed by atoms with E-state index in [1.165, 1.54) is 0 Å². The van der Waals surface area contributed by atoms with E-state index in [0.29, 0.717) is 6.42 Å². The molecule has 88 valence electrons. The molecule has 0 aromatic heterocycles. The Balaban J connectivity index is 2.08. The molecule has 4 heteroatoms. The molecule has 0 radical (unpaired) electrons. The monoisotopic (exact) mass is 223 g/mol. The zero-order chi connectivity index (χ0) is 11.8. The molecule has 2 heterocycles. The van der Waals surface area contributed by atoms with Crippen LogP contribution in [0.3, 0.4) is 0 Å². The first kappa shape index (κ1) is 11.6. The van der Waals surface area contributed by atoms with Crippen LogP contribution < -0.4 is 0 Å². The van der Waals surface area contributed by atoms with Crippen molar-refractivity contribution in [3.05, 3.63) is 12.7 Å². The summed E-state index contributed by atoms with van der Waals surface area (Å²) in [5.41, 5.74) is 0. The van der Waals surface area contributed by atoms with Gasteiger partial charge in [-0.05, 0) is 20.3 Å². The van der Waals surface area contributed by atoms with Crippen LogP contribution in [0.15, 0.2) is 12.7 Å². The predicted octanol–water partition coefficient (Wildman–Crippen LogP) is 1.97. The molecule has 0 unspecified atom stereocenters. The van der Waals surface area contributed by atoms with Gasteiger partial charge in [-0.1, -0.05) is 6.08 Å². The van der Waals surface area contributed by atoms with Gasteiger partial charge < -0.3 is 14.2 Å². The second-order valence-electron chi connectivity index (χ2n) is 4.67. The second-order valence-corrected chi connectivity index (χ2v) is 4.67. The molecule has 2 aliphatic rings. The van der Waals surface area contributed by atoms with Gasteiger partial charge in [0.15, 0.2) is 12.1 Å². The van der Waals surface area contributed by atoms with Crippen molar-refractivity contribution in [2.24, 2.45) is 5.92 Å². The van der Waals surface area contributed by atoms with Crippen LogP contribution in [0.5, 0.6) is 0 Å². The third-order valence-electron chi connectivity index (χ3n) is 3.05. The smallest absolute Gasteiger partial charge is 0.188 e. The molecule has 2 rings (SSSR count). The van der Waals surface area contributed by atoms with E-state index in [1.807, 2.05) is 13.8 Å². The Hall–Kier alpha value is -0.890. The van der Waals surface area contributed by atoms with Crippen LogP contribution in [0.4, 0.5) is 0 Å². The minimum Gasteiger partial charge on any atom is -0.342 e. The summed E-state index contributed by atoms with van der Waals surface area (Å²) in [7, 11) is 0. The molecule has 2 saturated heterocycles. The fourth-order valence-electron chi connectivity index (χ4n) is 2.39. The van der Waals surface area contributed by atoms with E-state index in [9.17, 15) is 0 Å². The van der Waals surface area contributed by atoms with Crippen molar-refractivity contribution in [1.29, 1.82) is 5.26 Å². The molecule has 0 saturated carbocycles. The summed E-state index contributed by atoms with van der Waals surface area (Å²) in [5, 5.41) is 8.64. The Morgan fingerprint density at radius 2 is 2.19 bits per heavy atom. The van der Waals surface area contributed by atoms with E-state index < -0.39 is 5.79 Å². The van der Waals surface area contributed by atoms with E-state index in [4.69, 9.17) is 19.5 Å². The molecule has 4 nitrogen and oxygen atoms in total. The summed E-state index contributed by atoms with van der Waals surface area (Å²) in [6, 6.07) is 2.15. The number of fused-ring (bicyclic) bond motifs is 1. The summed E-state index contributed by atoms with van der Waals surface area (Å²) in [6.45, 7) is 7.49. The summed E-state index contributed by atoms with van der Waals surface area (Å²) >= 11 is 0. The molecule has 0 spiro atoms. The number of nitrogens with zero attached hydrogens (tertiary/aromatic N) is 1. The third-order valence-corrected chi connectivity index (χ3v) is 3.05. The van der Waals surface area contributed by atoms with Gasteiger partial charge >= 0.3 is 0 Å². The van der Waals surface area contributed by atoms with Crippen LogP contribution in [0.2, 0.25) is 0 Å². The van der Waals surface area contributed by atoms with Crippen molar-refractivity contribution >= 4 is 0 Å². The van der Waals surface area contributed by atoms with E-state index in [1.54, 1.807) is 6.08 Å². The molecule has 0 bridgehead atoms. The molecule has 0 amide bonds. The van der Waals surface area contributed by atoms with Crippen molar-refractivity contribution in [3.63, 3.8) is 0 Å². The molecule has 0 aromatic carbocycles. The van der Waals surface area contributed by atoms with Gasteiger partial charge in [0.1, 0.15) is 6.10 Å². The van der Waals surface area contributed by atoms with E-state index in [2.05, 4.69) is 12.6 Å². The Kier molecular flexibility index (Phi) is 3.02. The first-order valence-corrected chi connectivity index (χ1v) is 5.58. The van der Waals surface area contributed by atoms with E-state index >= 15 is 0 Å². The fourth-order valence-corrected chi connectivity index (χ4v) is 2.39. The minimum absolute atomic E-state index is 0.0700. The first-order valence-electron chi connectivity index (χ1n) is 5.58. The summed E-state index contributed by atoms with van der Waals surface area (Å²) < 4.78 is 17.2. The lowest BCUT2D eigenvalue weighted by Crippen LogP contribution is -2.29. The average Bonchev–Trinajstić information content (AvgIpc) is 2.67. The molecule has 0 aromatic rings. The number of hydrogen-bond donors (Lipinski definition) is 0. The van der Waals surface area contributed by atoms with Crippen molar-refractivity contribution in [2.75, 3.05) is 0 Å². The van der Waals surface area contributed by atoms with Gasteiger partial charge in [0, 0.05) is 12.3 Å². The van der Waals surface area contributed by atoms with Crippen LogP contribution in [0.25, 0.3) is 0 Å². The molecule has 2 aliphatic heterocycles. The van der Waals surface area contributed by atoms with Gasteiger partial charge in [0.05, 0.1) is 12.2 Å². The number of hydrogen-bond acceptors (Lipinski definition) is 4. The quantitative estimate of drug-likeness (QED) is 0.686. The summed E-state index contributed by atoms with van der Waals surface area (Å²) in [5.74, 6) is -0.421. The minimum atomic E-state index is -0.591. The highest BCUT2D eigenvalue weighted by molar-refractivity contribution is 5.00. The standard InChI is InChI=1S/C12H17NO3/c1-4-9-8(6-5-7-13)10-11(14-9)16-12(2,3)15-10/h4,8-11H,1,5-6H2,2-3H3/t8-,9-,10-,11-/m1/s1. The highest BCUT2D eigenvalue weighted by Crippen LogP contribution is 2.42. The molecule has 4 atom stereocenters. The maximum atomic E-state index is 8.64. The first-order chi connectivity index (χ1) is 7.57. The lowest BCUT2D eigenvalue weighted by molar-refractivity contribution is -0.204. The second kappa shape index (κ2) is 4.17. The fraction of sp³-hybridized carbons (Fsp3) is 0.750. The molecule has 16 heavy (non-hydrogen) atoms. The van der Waals surface area contributed by atoms with Crippen molar-refractivity contribution in [2.45, 2.75) is 51.0 Å². The number of ether oxygens (including phenoxy) is 3. The highest BCUT2D eigenvalue weighted by Gasteiger charge is 2.53. The molecule has 0 aliphatic carbocycles. The van der Waals surface area contributed by atoms with Crippen molar-refractivity contribution < 1.29 is 14.2 Å². The Morgan fingerprint density at radius 1 is 1.44 bits per heavy atom. The average molecular weight is 223 g/mol. The Labute approximate surface area is 95.8 Å². The number of nitriles is 1. The maximum absolute atomic E-state index is 8.64. The van der Waals surface area contributed by atoms with Crippen LogP contribution in [-0.4, -0.2) is 24.3 Å². The van der Waals surface area contributed by atoms with E-state index in [-0.39, 0.29) is 24.4 Å². The van der Waals surface area contributed by atoms with Crippen LogP contribution in [0, 0.1) is 17.2 Å². The van der Waals surface area contributed by atoms with Gasteiger partial charge in [-0.2, -0.15) is 5.26 Å². The zero-order valence-corrected chi connectivity index (χ0v) is 9.68. The third kappa shape index (κ3) is 1.99. The Bertz CT molecular complexity index is 321. The van der Waals surface area contributed by atoms with Crippen LogP contribution in [0.1, 0.15) is 26.7 Å². The normalized spacial score (nSPS) is 40.3. The SMILES string of the molecule is C=C[C@H]1O[C@@H]2OC(C)(C)O[C@@H]2[C@@H]1CCC#N. The predicted molar refractivity (Wildman–Crippen MR) is 57.2 cm³/mol. The summed E-state index contributed by atoms with van der Waals surface area (Å²) in [6.07, 6.45) is 2.56. The summed E-state index contributed by atoms with van der Waals surface area (Å²) in [4.78, 5) is 0. The van der Waals surface area contributed by atoms with Crippen molar-refractivity contribution in [3.8, 4) is 6.07 Å². The Morgan fingerprint density at radius 3 is 2.81 bits per heavy atom. The maximum Gasteiger partial charge on any atom is 0.188 e. The van der Waals surface area contributed by atoms with Crippen molar-refractivity contribution in [1.82, 2.24) is 0 Å². The molecular weight excluding hydrogens is 206 g/mol. The van der Waals surface area contributed by atoms with E-state index in [0.717, 1.165) is 6.42 Å². The largest absolute Gasteiger partial charge is 0.342 e. The lowest BCUT2D eigenvalue weighted by Gasteiger charge is -2.23. The van der Waals surface area contributed by atoms with Crippen LogP contribution >= 0.6 is 0 Å². The molecule has 2 fully saturated rings. The van der Waals surface area contributed by atoms with Gasteiger partial charge in [-0.15, -0.1) is 6.58 Å². The number of rotatable bonds is 3. The van der Waals surface area contributed by atoms with Gasteiger partial charge in [0.2, 0.25) is 0 Å². The highest BCUT2D eigenvalue weighted by atomic mass is 16.8. The zero-order valence-electron chi connectivity index (χ0n) is 9.68. The lowest BCUT2D eigenvalue weighted by atomic mass is 9.93. The van der Waals surface area contributed by atoms with Gasteiger partial charge in [-0.3, -0.25) is 0 Å². The van der Waals surface area contributed by atoms with Gasteiger partial charge in [0.25, 0.3) is 0 Å².